The third kappa shape index (κ3) is 2.21. The maximum atomic E-state index is 10.7. The van der Waals surface area contributed by atoms with Crippen LogP contribution in [0.3, 0.4) is 0 Å². The van der Waals surface area contributed by atoms with Gasteiger partial charge in [0.2, 0.25) is 5.82 Å². The fourth-order valence-corrected chi connectivity index (χ4v) is 3.43. The average molecular weight is 314 g/mol. The number of fused-ring (bicyclic) bond motifs is 2. The summed E-state index contributed by atoms with van der Waals surface area (Å²) in [5, 5.41) is 1.31. The van der Waals surface area contributed by atoms with E-state index < -0.39 is 0 Å². The standard InChI is InChI=1S/C17H15N3O.ClH/c1-20-9-13(12-4-2-3-5-16(12)20)11-6-7-14-15(8-11)19-17(10-21)18-14;/h2-5,9,11H,6-8H2,1H3;1H/t11-;/m1./s1. The van der Waals surface area contributed by atoms with E-state index >= 15 is 0 Å². The van der Waals surface area contributed by atoms with Gasteiger partial charge in [0.15, 0.2) is 5.94 Å². The van der Waals surface area contributed by atoms with Crippen LogP contribution in [-0.2, 0) is 11.8 Å². The van der Waals surface area contributed by atoms with Crippen molar-refractivity contribution in [1.82, 2.24) is 4.57 Å². The number of halogens is 1. The topological polar surface area (TPSA) is 46.7 Å². The smallest absolute Gasteiger partial charge is 0.239 e. The molecule has 2 aromatic rings. The van der Waals surface area contributed by atoms with Crippen LogP contribution in [-0.4, -0.2) is 21.9 Å². The lowest BCUT2D eigenvalue weighted by molar-refractivity contribution is 0.566. The van der Waals surface area contributed by atoms with E-state index in [2.05, 4.69) is 52.1 Å². The van der Waals surface area contributed by atoms with Gasteiger partial charge >= 0.3 is 0 Å². The Bertz CT molecular complexity index is 856. The van der Waals surface area contributed by atoms with Crippen molar-refractivity contribution in [3.05, 3.63) is 41.8 Å². The van der Waals surface area contributed by atoms with Crippen LogP contribution >= 0.6 is 12.4 Å². The molecule has 0 unspecified atom stereocenters. The monoisotopic (exact) mass is 313 g/mol. The highest BCUT2D eigenvalue weighted by Crippen LogP contribution is 2.37. The number of nitrogens with zero attached hydrogens (tertiary/aromatic N) is 3. The summed E-state index contributed by atoms with van der Waals surface area (Å²) < 4.78 is 2.18. The van der Waals surface area contributed by atoms with E-state index in [1.807, 2.05) is 0 Å². The highest BCUT2D eigenvalue weighted by Gasteiger charge is 2.29. The zero-order chi connectivity index (χ0) is 14.4. The molecule has 0 bridgehead atoms. The van der Waals surface area contributed by atoms with Crippen molar-refractivity contribution in [1.29, 1.82) is 0 Å². The largest absolute Gasteiger partial charge is 0.350 e. The van der Waals surface area contributed by atoms with Gasteiger partial charge in [-0.1, -0.05) is 18.2 Å². The molecule has 22 heavy (non-hydrogen) atoms. The van der Waals surface area contributed by atoms with Crippen LogP contribution in [0.25, 0.3) is 10.9 Å². The summed E-state index contributed by atoms with van der Waals surface area (Å²) in [5.41, 5.74) is 4.58. The molecule has 1 aromatic heterocycles. The summed E-state index contributed by atoms with van der Waals surface area (Å²) in [6.07, 6.45) is 5.03. The predicted molar refractivity (Wildman–Crippen MR) is 90.8 cm³/mol. The number of aryl methyl sites for hydroxylation is 1. The molecule has 0 spiro atoms. The zero-order valence-electron chi connectivity index (χ0n) is 12.2. The molecule has 2 heterocycles. The molecule has 0 amide bonds. The Hall–Kier alpha value is -2.16. The Balaban J connectivity index is 0.00000144. The first-order valence-electron chi connectivity index (χ1n) is 7.21. The van der Waals surface area contributed by atoms with Crippen LogP contribution in [0, 0.1) is 0 Å². The third-order valence-corrected chi connectivity index (χ3v) is 4.44. The minimum absolute atomic E-state index is 0. The van der Waals surface area contributed by atoms with E-state index in [1.165, 1.54) is 16.5 Å². The Morgan fingerprint density at radius 1 is 1.23 bits per heavy atom. The SMILES string of the molecule is Cl.Cn1cc([C@@H]2CCC3=NC(=C=O)N=C3C2)c2ccccc21. The van der Waals surface area contributed by atoms with Gasteiger partial charge in [-0.3, -0.25) is 0 Å². The molecule has 5 heteroatoms. The van der Waals surface area contributed by atoms with Gasteiger partial charge < -0.3 is 4.57 Å². The summed E-state index contributed by atoms with van der Waals surface area (Å²) in [4.78, 5) is 19.2. The molecule has 2 aliphatic rings. The summed E-state index contributed by atoms with van der Waals surface area (Å²) in [7, 11) is 2.09. The molecular weight excluding hydrogens is 298 g/mol. The Labute approximate surface area is 134 Å². The van der Waals surface area contributed by atoms with Crippen molar-refractivity contribution in [2.24, 2.45) is 17.0 Å². The normalized spacial score (nSPS) is 20.0. The Kier molecular flexibility index (Phi) is 3.73. The second-order valence-corrected chi connectivity index (χ2v) is 5.69. The lowest BCUT2D eigenvalue weighted by Gasteiger charge is -2.22. The second-order valence-electron chi connectivity index (χ2n) is 5.69. The Morgan fingerprint density at radius 3 is 2.82 bits per heavy atom. The molecule has 0 radical (unpaired) electrons. The van der Waals surface area contributed by atoms with Crippen molar-refractivity contribution in [2.75, 3.05) is 0 Å². The van der Waals surface area contributed by atoms with Crippen LogP contribution in [0.1, 0.15) is 30.7 Å². The number of hydrogen-bond donors (Lipinski definition) is 0. The quantitative estimate of drug-likeness (QED) is 0.744. The number of aliphatic imine (C=N–C) groups is 2. The van der Waals surface area contributed by atoms with E-state index in [0.29, 0.717) is 5.92 Å². The van der Waals surface area contributed by atoms with Crippen LogP contribution < -0.4 is 0 Å². The fraction of sp³-hybridized carbons (Fsp3) is 0.294. The van der Waals surface area contributed by atoms with Gasteiger partial charge in [-0.25, -0.2) is 14.8 Å². The maximum absolute atomic E-state index is 10.7. The van der Waals surface area contributed by atoms with Crippen molar-refractivity contribution < 1.29 is 4.79 Å². The molecule has 0 N–H and O–H groups in total. The van der Waals surface area contributed by atoms with Crippen LogP contribution in [0.15, 0.2) is 46.3 Å². The number of rotatable bonds is 1. The number of carbonyl (C=O) groups excluding carboxylic acids is 1. The minimum atomic E-state index is 0. The molecule has 0 saturated heterocycles. The highest BCUT2D eigenvalue weighted by molar-refractivity contribution is 6.45. The zero-order valence-corrected chi connectivity index (χ0v) is 13.1. The average Bonchev–Trinajstić information content (AvgIpc) is 3.08. The Morgan fingerprint density at radius 2 is 2.00 bits per heavy atom. The van der Waals surface area contributed by atoms with Gasteiger partial charge in [0.05, 0.1) is 11.4 Å². The molecule has 1 aromatic carbocycles. The number of para-hydroxylation sites is 1. The van der Waals surface area contributed by atoms with Gasteiger partial charge in [-0.05, 0) is 36.8 Å². The molecule has 1 fully saturated rings. The van der Waals surface area contributed by atoms with Crippen molar-refractivity contribution in [2.45, 2.75) is 25.2 Å². The second kappa shape index (κ2) is 5.56. The first kappa shape index (κ1) is 14.8. The maximum Gasteiger partial charge on any atom is 0.239 e. The molecule has 1 aliphatic carbocycles. The van der Waals surface area contributed by atoms with E-state index in [1.54, 1.807) is 5.94 Å². The van der Waals surface area contributed by atoms with Gasteiger partial charge in [0.1, 0.15) is 0 Å². The predicted octanol–water partition coefficient (Wildman–Crippen LogP) is 3.44. The molecule has 4 nitrogen and oxygen atoms in total. The summed E-state index contributed by atoms with van der Waals surface area (Å²) in [6, 6.07) is 8.48. The first-order chi connectivity index (χ1) is 10.3. The fourth-order valence-electron chi connectivity index (χ4n) is 3.43. The minimum Gasteiger partial charge on any atom is -0.350 e. The first-order valence-corrected chi connectivity index (χ1v) is 7.21. The van der Waals surface area contributed by atoms with Crippen molar-refractivity contribution >= 4 is 40.7 Å². The molecule has 1 aliphatic heterocycles. The van der Waals surface area contributed by atoms with Gasteiger partial charge in [-0.2, -0.15) is 0 Å². The molecule has 4 rings (SSSR count). The number of hydrogen-bond acceptors (Lipinski definition) is 3. The van der Waals surface area contributed by atoms with Gasteiger partial charge in [-0.15, -0.1) is 12.4 Å². The van der Waals surface area contributed by atoms with E-state index in [-0.39, 0.29) is 18.2 Å². The summed E-state index contributed by atoms with van der Waals surface area (Å²) in [6.45, 7) is 0. The van der Waals surface area contributed by atoms with Crippen LogP contribution in [0.4, 0.5) is 0 Å². The molecule has 1 saturated carbocycles. The van der Waals surface area contributed by atoms with Gasteiger partial charge in [0.25, 0.3) is 0 Å². The molecular formula is C17H16ClN3O. The molecule has 112 valence electrons. The molecule has 1 atom stereocenters. The van der Waals surface area contributed by atoms with E-state index in [4.69, 9.17) is 0 Å². The van der Waals surface area contributed by atoms with Crippen molar-refractivity contribution in [3.63, 3.8) is 0 Å². The number of aromatic nitrogens is 1. The van der Waals surface area contributed by atoms with E-state index in [9.17, 15) is 4.79 Å². The van der Waals surface area contributed by atoms with Crippen LogP contribution in [0.2, 0.25) is 0 Å². The lowest BCUT2D eigenvalue weighted by Crippen LogP contribution is -2.21. The van der Waals surface area contributed by atoms with Crippen molar-refractivity contribution in [3.8, 4) is 0 Å². The van der Waals surface area contributed by atoms with Gasteiger partial charge in [0, 0.05) is 24.1 Å². The van der Waals surface area contributed by atoms with Crippen LogP contribution in [0.5, 0.6) is 0 Å². The summed E-state index contributed by atoms with van der Waals surface area (Å²) >= 11 is 0. The van der Waals surface area contributed by atoms with E-state index in [0.717, 1.165) is 30.7 Å². The third-order valence-electron chi connectivity index (χ3n) is 4.44. The highest BCUT2D eigenvalue weighted by atomic mass is 35.5. The lowest BCUT2D eigenvalue weighted by atomic mass is 9.82. The number of benzene rings is 1. The summed E-state index contributed by atoms with van der Waals surface area (Å²) in [5.74, 6) is 2.45.